The Morgan fingerprint density at radius 2 is 1.71 bits per heavy atom. The van der Waals surface area contributed by atoms with Gasteiger partial charge in [-0.15, -0.1) is 0 Å². The second-order valence-electron chi connectivity index (χ2n) is 10.4. The van der Waals surface area contributed by atoms with Crippen LogP contribution >= 0.6 is 11.6 Å². The molecule has 0 saturated carbocycles. The van der Waals surface area contributed by atoms with Crippen molar-refractivity contribution in [2.45, 2.75) is 57.2 Å². The summed E-state index contributed by atoms with van der Waals surface area (Å²) in [4.78, 5) is 17.1. The van der Waals surface area contributed by atoms with Gasteiger partial charge in [-0.2, -0.15) is 18.4 Å². The Labute approximate surface area is 227 Å². The van der Waals surface area contributed by atoms with Gasteiger partial charge in [0.1, 0.15) is 0 Å². The molecule has 2 aliphatic heterocycles. The largest absolute Gasteiger partial charge is 0.417 e. The molecular weight excluding hydrogens is 513 g/mol. The Hall–Kier alpha value is -2.76. The molecule has 2 saturated heterocycles. The highest BCUT2D eigenvalue weighted by Crippen LogP contribution is 2.34. The van der Waals surface area contributed by atoms with Gasteiger partial charge in [-0.05, 0) is 100.0 Å². The van der Waals surface area contributed by atoms with Gasteiger partial charge in [0.05, 0.1) is 17.2 Å². The highest BCUT2D eigenvalue weighted by atomic mass is 35.5. The summed E-state index contributed by atoms with van der Waals surface area (Å²) in [5.74, 6) is 0.840. The molecule has 0 atom stereocenters. The van der Waals surface area contributed by atoms with E-state index in [0.29, 0.717) is 44.0 Å². The van der Waals surface area contributed by atoms with Crippen LogP contribution in [-0.4, -0.2) is 54.5 Å². The van der Waals surface area contributed by atoms with Crippen LogP contribution in [0, 0.1) is 17.2 Å². The van der Waals surface area contributed by atoms with Crippen molar-refractivity contribution in [2.75, 3.05) is 38.0 Å². The van der Waals surface area contributed by atoms with Gasteiger partial charge in [0.2, 0.25) is 5.91 Å². The molecule has 1 N–H and O–H groups in total. The average molecular weight is 547 g/mol. The van der Waals surface area contributed by atoms with Gasteiger partial charge in [0.15, 0.2) is 0 Å². The topological polar surface area (TPSA) is 59.4 Å². The maximum Gasteiger partial charge on any atom is 0.417 e. The molecule has 204 valence electrons. The van der Waals surface area contributed by atoms with Crippen LogP contribution in [0.3, 0.4) is 0 Å². The summed E-state index contributed by atoms with van der Waals surface area (Å²) in [6.45, 7) is 4.24. The normalized spacial score (nSPS) is 17.8. The predicted octanol–water partition coefficient (Wildman–Crippen LogP) is 6.37. The second kappa shape index (κ2) is 12.9. The number of halogens is 4. The molecule has 38 heavy (non-hydrogen) atoms. The number of likely N-dealkylation sites (tertiary alicyclic amines) is 2. The molecule has 0 aliphatic carbocycles. The number of carbonyl (C=O) groups excluding carboxylic acids is 1. The summed E-state index contributed by atoms with van der Waals surface area (Å²) in [5, 5.41) is 12.9. The number of nitriles is 1. The van der Waals surface area contributed by atoms with Crippen LogP contribution in [0.15, 0.2) is 42.5 Å². The quantitative estimate of drug-likeness (QED) is 0.418. The number of alkyl halides is 3. The molecule has 4 rings (SSSR count). The van der Waals surface area contributed by atoms with E-state index in [1.807, 2.05) is 17.0 Å². The standard InChI is InChI=1S/C29H34ClF3N4O/c30-24-6-3-21(4-7-24)18-22-9-14-36(15-10-22)13-1-2-28(38)37-16-11-25(12-17-37)35-26-8-5-23(20-34)27(19-26)29(31,32)33/h3-8,19,22,25,35H,1-2,9-18H2. The molecule has 2 aliphatic rings. The first-order chi connectivity index (χ1) is 18.2. The van der Waals surface area contributed by atoms with Crippen molar-refractivity contribution in [1.82, 2.24) is 9.80 Å². The van der Waals surface area contributed by atoms with E-state index in [9.17, 15) is 18.0 Å². The SMILES string of the molecule is N#Cc1ccc(NC2CCN(C(=O)CCCN3CCC(Cc4ccc(Cl)cc4)CC3)CC2)cc1C(F)(F)F. The van der Waals surface area contributed by atoms with Gasteiger partial charge in [-0.25, -0.2) is 0 Å². The minimum absolute atomic E-state index is 0.0118. The maximum absolute atomic E-state index is 13.2. The van der Waals surface area contributed by atoms with E-state index in [4.69, 9.17) is 16.9 Å². The van der Waals surface area contributed by atoms with Gasteiger partial charge in [-0.1, -0.05) is 23.7 Å². The van der Waals surface area contributed by atoms with Crippen LogP contribution in [0.5, 0.6) is 0 Å². The molecule has 2 heterocycles. The zero-order valence-electron chi connectivity index (χ0n) is 21.4. The monoisotopic (exact) mass is 546 g/mol. The summed E-state index contributed by atoms with van der Waals surface area (Å²) in [5.41, 5.74) is 0.368. The number of hydrogen-bond donors (Lipinski definition) is 1. The number of amides is 1. The van der Waals surface area contributed by atoms with Crippen molar-refractivity contribution in [2.24, 2.45) is 5.92 Å². The van der Waals surface area contributed by atoms with Crippen molar-refractivity contribution in [3.05, 3.63) is 64.2 Å². The third-order valence-electron chi connectivity index (χ3n) is 7.67. The lowest BCUT2D eigenvalue weighted by atomic mass is 9.90. The molecule has 0 radical (unpaired) electrons. The average Bonchev–Trinajstić information content (AvgIpc) is 2.91. The number of hydrogen-bond acceptors (Lipinski definition) is 4. The summed E-state index contributed by atoms with van der Waals surface area (Å²) < 4.78 is 39.7. The molecule has 5 nitrogen and oxygen atoms in total. The molecule has 2 aromatic carbocycles. The zero-order chi connectivity index (χ0) is 27.1. The first kappa shape index (κ1) is 28.3. The molecule has 2 fully saturated rings. The maximum atomic E-state index is 13.2. The fourth-order valence-electron chi connectivity index (χ4n) is 5.45. The molecular formula is C29H34ClF3N4O. The number of benzene rings is 2. The van der Waals surface area contributed by atoms with Crippen molar-refractivity contribution in [3.8, 4) is 6.07 Å². The third-order valence-corrected chi connectivity index (χ3v) is 7.93. The van der Waals surface area contributed by atoms with Crippen LogP contribution in [0.4, 0.5) is 18.9 Å². The summed E-state index contributed by atoms with van der Waals surface area (Å²) in [6.07, 6.45) is 1.55. The molecule has 9 heteroatoms. The van der Waals surface area contributed by atoms with Gasteiger partial charge < -0.3 is 15.1 Å². The number of anilines is 1. The second-order valence-corrected chi connectivity index (χ2v) is 10.8. The number of carbonyl (C=O) groups is 1. The lowest BCUT2D eigenvalue weighted by molar-refractivity contribution is -0.137. The molecule has 0 aromatic heterocycles. The molecule has 0 bridgehead atoms. The predicted molar refractivity (Wildman–Crippen MR) is 143 cm³/mol. The van der Waals surface area contributed by atoms with Crippen molar-refractivity contribution in [1.29, 1.82) is 5.26 Å². The number of nitrogens with zero attached hydrogens (tertiary/aromatic N) is 3. The smallest absolute Gasteiger partial charge is 0.382 e. The third kappa shape index (κ3) is 7.87. The summed E-state index contributed by atoms with van der Waals surface area (Å²) in [6, 6.07) is 13.4. The van der Waals surface area contributed by atoms with Crippen molar-refractivity contribution in [3.63, 3.8) is 0 Å². The fraction of sp³-hybridized carbons (Fsp3) is 0.517. The van der Waals surface area contributed by atoms with Crippen molar-refractivity contribution >= 4 is 23.2 Å². The van der Waals surface area contributed by atoms with E-state index in [2.05, 4.69) is 22.3 Å². The van der Waals surface area contributed by atoms with E-state index < -0.39 is 11.7 Å². The summed E-state index contributed by atoms with van der Waals surface area (Å²) >= 11 is 5.98. The van der Waals surface area contributed by atoms with E-state index in [1.165, 1.54) is 30.5 Å². The minimum atomic E-state index is -4.58. The van der Waals surface area contributed by atoms with Gasteiger partial charge in [0, 0.05) is 36.3 Å². The first-order valence-corrected chi connectivity index (χ1v) is 13.7. The van der Waals surface area contributed by atoms with Crippen LogP contribution in [0.2, 0.25) is 5.02 Å². The van der Waals surface area contributed by atoms with E-state index >= 15 is 0 Å². The van der Waals surface area contributed by atoms with Gasteiger partial charge >= 0.3 is 6.18 Å². The zero-order valence-corrected chi connectivity index (χ0v) is 22.2. The summed E-state index contributed by atoms with van der Waals surface area (Å²) in [7, 11) is 0. The van der Waals surface area contributed by atoms with E-state index in [0.717, 1.165) is 43.6 Å². The van der Waals surface area contributed by atoms with Gasteiger partial charge in [0.25, 0.3) is 0 Å². The fourth-order valence-corrected chi connectivity index (χ4v) is 5.58. The van der Waals surface area contributed by atoms with Crippen LogP contribution in [0.25, 0.3) is 0 Å². The Morgan fingerprint density at radius 1 is 1.03 bits per heavy atom. The number of rotatable bonds is 8. The molecule has 2 aromatic rings. The van der Waals surface area contributed by atoms with E-state index in [-0.39, 0.29) is 17.5 Å². The van der Waals surface area contributed by atoms with E-state index in [1.54, 1.807) is 6.07 Å². The Bertz CT molecular complexity index is 1120. The van der Waals surface area contributed by atoms with Crippen LogP contribution in [-0.2, 0) is 17.4 Å². The first-order valence-electron chi connectivity index (χ1n) is 13.3. The Morgan fingerprint density at radius 3 is 2.34 bits per heavy atom. The highest BCUT2D eigenvalue weighted by Gasteiger charge is 2.34. The van der Waals surface area contributed by atoms with Gasteiger partial charge in [-0.3, -0.25) is 4.79 Å². The van der Waals surface area contributed by atoms with Crippen LogP contribution in [0.1, 0.15) is 55.2 Å². The van der Waals surface area contributed by atoms with Crippen molar-refractivity contribution < 1.29 is 18.0 Å². The molecule has 0 spiro atoms. The number of piperidine rings is 2. The Kier molecular flexibility index (Phi) is 9.56. The lowest BCUT2D eigenvalue weighted by Gasteiger charge is -2.34. The van der Waals surface area contributed by atoms with Crippen LogP contribution < -0.4 is 5.32 Å². The molecule has 1 amide bonds. The minimum Gasteiger partial charge on any atom is -0.382 e. The molecule has 0 unspecified atom stereocenters. The highest BCUT2D eigenvalue weighted by molar-refractivity contribution is 6.30. The lowest BCUT2D eigenvalue weighted by Crippen LogP contribution is -2.42. The number of nitrogens with one attached hydrogen (secondary N) is 1. The Balaban J connectivity index is 1.13.